The summed E-state index contributed by atoms with van der Waals surface area (Å²) in [5.41, 5.74) is 1.35. The van der Waals surface area contributed by atoms with Gasteiger partial charge in [-0.25, -0.2) is 4.57 Å². The Bertz CT molecular complexity index is 1310. The van der Waals surface area contributed by atoms with Crippen molar-refractivity contribution in [2.45, 2.75) is 6.54 Å². The lowest BCUT2D eigenvalue weighted by Gasteiger charge is -2.15. The van der Waals surface area contributed by atoms with Gasteiger partial charge in [-0.15, -0.1) is 0 Å². The number of pyridine rings is 2. The average Bonchev–Trinajstić information content (AvgIpc) is 2.82. The van der Waals surface area contributed by atoms with Crippen LogP contribution in [0.25, 0.3) is 16.5 Å². The third-order valence-electron chi connectivity index (χ3n) is 4.93. The lowest BCUT2D eigenvalue weighted by atomic mass is 10.1. The van der Waals surface area contributed by atoms with E-state index >= 15 is 0 Å². The highest BCUT2D eigenvalue weighted by molar-refractivity contribution is 6.01. The summed E-state index contributed by atoms with van der Waals surface area (Å²) >= 11 is 0. The summed E-state index contributed by atoms with van der Waals surface area (Å²) in [4.78, 5) is 21.9. The molecule has 2 aromatic heterocycles. The number of benzene rings is 2. The summed E-state index contributed by atoms with van der Waals surface area (Å²) < 4.78 is 11.9. The molecule has 4 aromatic rings. The molecule has 0 amide bonds. The smallest absolute Gasteiger partial charge is 0.265 e. The molecule has 0 aliphatic carbocycles. The van der Waals surface area contributed by atoms with E-state index in [9.17, 15) is 9.90 Å². The van der Waals surface area contributed by atoms with E-state index in [1.54, 1.807) is 48.8 Å². The number of hydrogen-bond acceptors (Lipinski definition) is 6. The first-order chi connectivity index (χ1) is 15.1. The van der Waals surface area contributed by atoms with Gasteiger partial charge in [0.05, 0.1) is 37.7 Å². The minimum Gasteiger partial charge on any atom is -0.494 e. The van der Waals surface area contributed by atoms with Crippen LogP contribution in [0.15, 0.2) is 76.6 Å². The van der Waals surface area contributed by atoms with E-state index in [0.29, 0.717) is 40.1 Å². The van der Waals surface area contributed by atoms with Gasteiger partial charge in [-0.2, -0.15) is 0 Å². The second-order valence-corrected chi connectivity index (χ2v) is 6.75. The van der Waals surface area contributed by atoms with Crippen molar-refractivity contribution in [2.75, 3.05) is 14.2 Å². The standard InChI is InChI=1S/C24H21N3O4/c1-30-21-11-10-17(13-22(21)31-2)27-23(28)19-9-4-3-8-18(19)20(24(27)29)15-25-14-16-7-5-6-12-26-16/h3-13,15,29H,14H2,1-2H3. The van der Waals surface area contributed by atoms with Crippen molar-refractivity contribution in [2.24, 2.45) is 4.99 Å². The molecule has 7 heteroatoms. The Hall–Kier alpha value is -4.13. The van der Waals surface area contributed by atoms with Crippen LogP contribution in [0.1, 0.15) is 11.3 Å². The zero-order valence-corrected chi connectivity index (χ0v) is 17.1. The van der Waals surface area contributed by atoms with E-state index in [2.05, 4.69) is 9.98 Å². The Morgan fingerprint density at radius 2 is 1.74 bits per heavy atom. The normalized spacial score (nSPS) is 11.2. The highest BCUT2D eigenvalue weighted by Crippen LogP contribution is 2.32. The van der Waals surface area contributed by atoms with Crippen molar-refractivity contribution in [1.82, 2.24) is 9.55 Å². The summed E-state index contributed by atoms with van der Waals surface area (Å²) in [5.74, 6) is 0.766. The Balaban J connectivity index is 1.88. The lowest BCUT2D eigenvalue weighted by molar-refractivity contribution is 0.354. The number of methoxy groups -OCH3 is 2. The highest BCUT2D eigenvalue weighted by Gasteiger charge is 2.17. The summed E-state index contributed by atoms with van der Waals surface area (Å²) in [6, 6.07) is 17.7. The largest absolute Gasteiger partial charge is 0.494 e. The molecule has 0 aliphatic heterocycles. The van der Waals surface area contributed by atoms with Crippen LogP contribution in [0.3, 0.4) is 0 Å². The summed E-state index contributed by atoms with van der Waals surface area (Å²) in [6.45, 7) is 0.351. The molecule has 0 spiro atoms. The fourth-order valence-corrected chi connectivity index (χ4v) is 3.41. The van der Waals surface area contributed by atoms with E-state index in [1.165, 1.54) is 18.8 Å². The monoisotopic (exact) mass is 415 g/mol. The molecule has 0 unspecified atom stereocenters. The van der Waals surface area contributed by atoms with E-state index in [-0.39, 0.29) is 11.4 Å². The maximum absolute atomic E-state index is 13.2. The van der Waals surface area contributed by atoms with Crippen molar-refractivity contribution in [3.63, 3.8) is 0 Å². The first-order valence-corrected chi connectivity index (χ1v) is 9.63. The molecule has 0 saturated heterocycles. The quantitative estimate of drug-likeness (QED) is 0.485. The lowest BCUT2D eigenvalue weighted by Crippen LogP contribution is -2.20. The van der Waals surface area contributed by atoms with Crippen molar-refractivity contribution < 1.29 is 14.6 Å². The number of aromatic hydroxyl groups is 1. The minimum absolute atomic E-state index is 0.208. The molecule has 31 heavy (non-hydrogen) atoms. The second-order valence-electron chi connectivity index (χ2n) is 6.75. The Morgan fingerprint density at radius 3 is 2.45 bits per heavy atom. The Labute approximate surface area is 178 Å². The van der Waals surface area contributed by atoms with Crippen LogP contribution in [0.2, 0.25) is 0 Å². The number of hydrogen-bond donors (Lipinski definition) is 1. The number of ether oxygens (including phenoxy) is 2. The van der Waals surface area contributed by atoms with Crippen molar-refractivity contribution in [1.29, 1.82) is 0 Å². The SMILES string of the molecule is COc1ccc(-n2c(O)c(C=NCc3ccccn3)c3ccccc3c2=O)cc1OC. The van der Waals surface area contributed by atoms with Gasteiger partial charge < -0.3 is 14.6 Å². The zero-order valence-electron chi connectivity index (χ0n) is 17.1. The molecule has 0 atom stereocenters. The van der Waals surface area contributed by atoms with Gasteiger partial charge in [0.2, 0.25) is 5.88 Å². The third-order valence-corrected chi connectivity index (χ3v) is 4.93. The summed E-state index contributed by atoms with van der Waals surface area (Å²) in [6.07, 6.45) is 3.28. The number of rotatable bonds is 6. The summed E-state index contributed by atoms with van der Waals surface area (Å²) in [5, 5.41) is 12.2. The van der Waals surface area contributed by atoms with Gasteiger partial charge in [0.1, 0.15) is 0 Å². The fourth-order valence-electron chi connectivity index (χ4n) is 3.41. The molecule has 4 rings (SSSR count). The van der Waals surface area contributed by atoms with Gasteiger partial charge in [-0.1, -0.05) is 24.3 Å². The molecule has 156 valence electrons. The van der Waals surface area contributed by atoms with Crippen LogP contribution in [0.5, 0.6) is 17.4 Å². The van der Waals surface area contributed by atoms with Crippen LogP contribution in [-0.2, 0) is 6.54 Å². The van der Waals surface area contributed by atoms with E-state index in [0.717, 1.165) is 5.69 Å². The van der Waals surface area contributed by atoms with Crippen LogP contribution >= 0.6 is 0 Å². The number of aromatic nitrogens is 2. The maximum Gasteiger partial charge on any atom is 0.265 e. The fraction of sp³-hybridized carbons (Fsp3) is 0.125. The van der Waals surface area contributed by atoms with E-state index < -0.39 is 0 Å². The molecule has 7 nitrogen and oxygen atoms in total. The van der Waals surface area contributed by atoms with Gasteiger partial charge in [0.25, 0.3) is 5.56 Å². The predicted molar refractivity (Wildman–Crippen MR) is 120 cm³/mol. The number of fused-ring (bicyclic) bond motifs is 1. The Kier molecular flexibility index (Phi) is 5.66. The molecule has 1 N–H and O–H groups in total. The van der Waals surface area contributed by atoms with Crippen LogP contribution in [-0.4, -0.2) is 35.1 Å². The molecule has 0 fully saturated rings. The Morgan fingerprint density at radius 1 is 1.00 bits per heavy atom. The molecule has 0 saturated carbocycles. The van der Waals surface area contributed by atoms with Gasteiger partial charge in [-0.05, 0) is 30.3 Å². The number of nitrogens with zero attached hydrogens (tertiary/aromatic N) is 3. The van der Waals surface area contributed by atoms with E-state index in [4.69, 9.17) is 9.47 Å². The predicted octanol–water partition coefficient (Wildman–Crippen LogP) is 3.73. The average molecular weight is 415 g/mol. The van der Waals surface area contributed by atoms with Crippen LogP contribution < -0.4 is 15.0 Å². The van der Waals surface area contributed by atoms with Crippen molar-refractivity contribution in [3.8, 4) is 23.1 Å². The van der Waals surface area contributed by atoms with Crippen LogP contribution in [0.4, 0.5) is 0 Å². The number of aliphatic imine (C=N–C) groups is 1. The van der Waals surface area contributed by atoms with Gasteiger partial charge in [-0.3, -0.25) is 14.8 Å². The molecule has 0 aliphatic rings. The van der Waals surface area contributed by atoms with Gasteiger partial charge in [0, 0.05) is 29.3 Å². The second kappa shape index (κ2) is 8.71. The molecule has 2 aromatic carbocycles. The molecular weight excluding hydrogens is 394 g/mol. The topological polar surface area (TPSA) is 85.9 Å². The highest BCUT2D eigenvalue weighted by atomic mass is 16.5. The first-order valence-electron chi connectivity index (χ1n) is 9.63. The van der Waals surface area contributed by atoms with Gasteiger partial charge in [0.15, 0.2) is 11.5 Å². The van der Waals surface area contributed by atoms with Crippen molar-refractivity contribution >= 4 is 17.0 Å². The van der Waals surface area contributed by atoms with Gasteiger partial charge >= 0.3 is 0 Å². The molecule has 2 heterocycles. The van der Waals surface area contributed by atoms with E-state index in [1.807, 2.05) is 24.3 Å². The van der Waals surface area contributed by atoms with Crippen LogP contribution in [0, 0.1) is 0 Å². The zero-order chi connectivity index (χ0) is 21.8. The molecular formula is C24H21N3O4. The maximum atomic E-state index is 13.2. The summed E-state index contributed by atoms with van der Waals surface area (Å²) in [7, 11) is 3.05. The molecule has 0 bridgehead atoms. The third kappa shape index (κ3) is 3.85. The first kappa shape index (κ1) is 20.2. The minimum atomic E-state index is -0.345. The molecule has 0 radical (unpaired) electrons. The van der Waals surface area contributed by atoms with Crippen molar-refractivity contribution in [3.05, 3.63) is 88.5 Å².